The van der Waals surface area contributed by atoms with Crippen LogP contribution in [0.3, 0.4) is 0 Å². The van der Waals surface area contributed by atoms with Crippen molar-refractivity contribution in [1.29, 1.82) is 5.26 Å². The molecule has 96 valence electrons. The van der Waals surface area contributed by atoms with E-state index in [-0.39, 0.29) is 18.9 Å². The van der Waals surface area contributed by atoms with Crippen LogP contribution in [-0.2, 0) is 11.3 Å². The van der Waals surface area contributed by atoms with E-state index in [9.17, 15) is 4.79 Å². The zero-order chi connectivity index (χ0) is 13.6. The van der Waals surface area contributed by atoms with E-state index in [4.69, 9.17) is 11.0 Å². The van der Waals surface area contributed by atoms with Gasteiger partial charge in [0.25, 0.3) is 0 Å². The van der Waals surface area contributed by atoms with Crippen molar-refractivity contribution in [2.75, 3.05) is 6.54 Å². The Hall–Kier alpha value is -1.86. The van der Waals surface area contributed by atoms with E-state index in [1.54, 1.807) is 13.8 Å². The zero-order valence-electron chi connectivity index (χ0n) is 10.9. The second kappa shape index (κ2) is 6.18. The fourth-order valence-electron chi connectivity index (χ4n) is 1.62. The summed E-state index contributed by atoms with van der Waals surface area (Å²) in [6.07, 6.45) is 0.238. The van der Waals surface area contributed by atoms with Gasteiger partial charge in [0.15, 0.2) is 0 Å². The van der Waals surface area contributed by atoms with Crippen LogP contribution < -0.4 is 5.73 Å². The highest BCUT2D eigenvalue weighted by Gasteiger charge is 2.21. The molecule has 0 unspecified atom stereocenters. The quantitative estimate of drug-likeness (QED) is 0.802. The summed E-state index contributed by atoms with van der Waals surface area (Å²) in [5.74, 6) is -0.0899. The maximum atomic E-state index is 12.0. The zero-order valence-corrected chi connectivity index (χ0v) is 10.9. The van der Waals surface area contributed by atoms with E-state index in [2.05, 4.69) is 0 Å². The first-order chi connectivity index (χ1) is 8.42. The number of nitriles is 1. The van der Waals surface area contributed by atoms with Gasteiger partial charge < -0.3 is 10.6 Å². The lowest BCUT2D eigenvalue weighted by Crippen LogP contribution is -2.41. The number of carbonyl (C=O) groups excluding carboxylic acids is 1. The Balaban J connectivity index is 2.72. The van der Waals surface area contributed by atoms with Crippen LogP contribution in [0, 0.1) is 11.3 Å². The van der Waals surface area contributed by atoms with E-state index < -0.39 is 5.54 Å². The van der Waals surface area contributed by atoms with Gasteiger partial charge in [-0.25, -0.2) is 0 Å². The molecule has 0 saturated heterocycles. The molecule has 0 saturated carbocycles. The lowest BCUT2D eigenvalue weighted by molar-refractivity contribution is -0.132. The Labute approximate surface area is 108 Å². The van der Waals surface area contributed by atoms with Gasteiger partial charge in [-0.3, -0.25) is 4.79 Å². The Bertz CT molecular complexity index is 429. The van der Waals surface area contributed by atoms with Crippen molar-refractivity contribution in [2.24, 2.45) is 5.73 Å². The van der Waals surface area contributed by atoms with E-state index in [0.29, 0.717) is 6.54 Å². The third-order valence-electron chi connectivity index (χ3n) is 2.44. The molecule has 4 nitrogen and oxygen atoms in total. The number of nitrogens with two attached hydrogens (primary N) is 1. The summed E-state index contributed by atoms with van der Waals surface area (Å²) < 4.78 is 0. The van der Waals surface area contributed by atoms with E-state index in [1.165, 1.54) is 4.90 Å². The van der Waals surface area contributed by atoms with Gasteiger partial charge in [0.1, 0.15) is 6.54 Å². The monoisotopic (exact) mass is 245 g/mol. The molecule has 2 N–H and O–H groups in total. The Morgan fingerprint density at radius 2 is 2.00 bits per heavy atom. The largest absolute Gasteiger partial charge is 0.325 e. The molecule has 0 spiro atoms. The first-order valence-electron chi connectivity index (χ1n) is 5.90. The minimum Gasteiger partial charge on any atom is -0.325 e. The topological polar surface area (TPSA) is 70.1 Å². The number of carbonyl (C=O) groups is 1. The molecule has 4 heteroatoms. The third-order valence-corrected chi connectivity index (χ3v) is 2.44. The van der Waals surface area contributed by atoms with Crippen LogP contribution in [0.4, 0.5) is 0 Å². The summed E-state index contributed by atoms with van der Waals surface area (Å²) in [5, 5.41) is 8.79. The Morgan fingerprint density at radius 3 is 2.50 bits per heavy atom. The average Bonchev–Trinajstić information content (AvgIpc) is 2.27. The lowest BCUT2D eigenvalue weighted by atomic mass is 10.0. The molecular formula is C14H19N3O. The van der Waals surface area contributed by atoms with Crippen LogP contribution in [-0.4, -0.2) is 22.9 Å². The van der Waals surface area contributed by atoms with Gasteiger partial charge in [-0.2, -0.15) is 5.26 Å². The predicted octanol–water partition coefficient (Wildman–Crippen LogP) is 1.67. The maximum absolute atomic E-state index is 12.0. The number of amides is 1. The number of hydrogen-bond donors (Lipinski definition) is 1. The molecule has 0 aromatic heterocycles. The molecule has 0 aliphatic rings. The maximum Gasteiger partial charge on any atom is 0.225 e. The van der Waals surface area contributed by atoms with Crippen molar-refractivity contribution in [2.45, 2.75) is 32.4 Å². The smallest absolute Gasteiger partial charge is 0.225 e. The van der Waals surface area contributed by atoms with Gasteiger partial charge in [0.2, 0.25) is 5.91 Å². The lowest BCUT2D eigenvalue weighted by Gasteiger charge is -2.24. The third kappa shape index (κ3) is 4.98. The highest BCUT2D eigenvalue weighted by Crippen LogP contribution is 2.10. The van der Waals surface area contributed by atoms with E-state index >= 15 is 0 Å². The second-order valence-corrected chi connectivity index (χ2v) is 5.06. The Morgan fingerprint density at radius 1 is 1.39 bits per heavy atom. The molecule has 1 aromatic carbocycles. The van der Waals surface area contributed by atoms with Crippen LogP contribution in [0.5, 0.6) is 0 Å². The number of hydrogen-bond acceptors (Lipinski definition) is 3. The standard InChI is InChI=1S/C14H19N3O/c1-14(2,16)10-13(18)17(9-8-15)11-12-6-4-3-5-7-12/h3-7H,9-11,16H2,1-2H3. The van der Waals surface area contributed by atoms with Crippen molar-refractivity contribution in [3.63, 3.8) is 0 Å². The van der Waals surface area contributed by atoms with Gasteiger partial charge in [0, 0.05) is 18.5 Å². The highest BCUT2D eigenvalue weighted by atomic mass is 16.2. The minimum atomic E-state index is -0.554. The van der Waals surface area contributed by atoms with Crippen LogP contribution in [0.15, 0.2) is 30.3 Å². The van der Waals surface area contributed by atoms with Crippen molar-refractivity contribution in [3.05, 3.63) is 35.9 Å². The second-order valence-electron chi connectivity index (χ2n) is 5.06. The highest BCUT2D eigenvalue weighted by molar-refractivity contribution is 5.77. The molecule has 1 amide bonds. The first-order valence-corrected chi connectivity index (χ1v) is 5.90. The van der Waals surface area contributed by atoms with Gasteiger partial charge in [0.05, 0.1) is 6.07 Å². The fourth-order valence-corrected chi connectivity index (χ4v) is 1.62. The summed E-state index contributed by atoms with van der Waals surface area (Å²) in [6, 6.07) is 11.6. The van der Waals surface area contributed by atoms with Crippen molar-refractivity contribution >= 4 is 5.91 Å². The number of nitrogens with zero attached hydrogens (tertiary/aromatic N) is 2. The predicted molar refractivity (Wildman–Crippen MR) is 70.4 cm³/mol. The van der Waals surface area contributed by atoms with Gasteiger partial charge >= 0.3 is 0 Å². The van der Waals surface area contributed by atoms with Crippen LogP contribution >= 0.6 is 0 Å². The molecule has 0 fully saturated rings. The summed E-state index contributed by atoms with van der Waals surface area (Å²) in [7, 11) is 0. The molecule has 0 bridgehead atoms. The molecule has 1 rings (SSSR count). The van der Waals surface area contributed by atoms with Crippen molar-refractivity contribution in [3.8, 4) is 6.07 Å². The van der Waals surface area contributed by atoms with Gasteiger partial charge in [-0.1, -0.05) is 30.3 Å². The molecule has 1 aromatic rings. The normalized spacial score (nSPS) is 10.8. The number of benzene rings is 1. The SMILES string of the molecule is CC(C)(N)CC(=O)N(CC#N)Cc1ccccc1. The molecule has 0 radical (unpaired) electrons. The molecule has 0 heterocycles. The molecule has 0 aliphatic carbocycles. The summed E-state index contributed by atoms with van der Waals surface area (Å²) in [6.45, 7) is 4.14. The number of rotatable bonds is 5. The van der Waals surface area contributed by atoms with Crippen molar-refractivity contribution in [1.82, 2.24) is 4.90 Å². The van der Waals surface area contributed by atoms with Gasteiger partial charge in [-0.05, 0) is 19.4 Å². The van der Waals surface area contributed by atoms with Crippen molar-refractivity contribution < 1.29 is 4.79 Å². The van der Waals surface area contributed by atoms with E-state index in [1.807, 2.05) is 36.4 Å². The molecular weight excluding hydrogens is 226 g/mol. The van der Waals surface area contributed by atoms with Crippen LogP contribution in [0.25, 0.3) is 0 Å². The van der Waals surface area contributed by atoms with Crippen LogP contribution in [0.1, 0.15) is 25.8 Å². The molecule has 0 aliphatic heterocycles. The minimum absolute atomic E-state index is 0.0871. The summed E-state index contributed by atoms with van der Waals surface area (Å²) in [4.78, 5) is 13.6. The summed E-state index contributed by atoms with van der Waals surface area (Å²) >= 11 is 0. The summed E-state index contributed by atoms with van der Waals surface area (Å²) in [5.41, 5.74) is 6.29. The van der Waals surface area contributed by atoms with E-state index in [0.717, 1.165) is 5.56 Å². The van der Waals surface area contributed by atoms with Crippen LogP contribution in [0.2, 0.25) is 0 Å². The molecule has 18 heavy (non-hydrogen) atoms. The fraction of sp³-hybridized carbons (Fsp3) is 0.429. The Kier molecular flexibility index (Phi) is 4.87. The molecule has 0 atom stereocenters. The van der Waals surface area contributed by atoms with Gasteiger partial charge in [-0.15, -0.1) is 0 Å². The average molecular weight is 245 g/mol. The first kappa shape index (κ1) is 14.2.